The van der Waals surface area contributed by atoms with Crippen molar-refractivity contribution < 1.29 is 9.13 Å². The van der Waals surface area contributed by atoms with Crippen LogP contribution < -0.4 is 10.5 Å². The molecule has 0 spiro atoms. The maximum absolute atomic E-state index is 13.7. The van der Waals surface area contributed by atoms with E-state index < -0.39 is 0 Å². The highest BCUT2D eigenvalue weighted by Gasteiger charge is 2.07. The van der Waals surface area contributed by atoms with Crippen LogP contribution in [0.3, 0.4) is 0 Å². The summed E-state index contributed by atoms with van der Waals surface area (Å²) >= 11 is 0. The molecular weight excluding hydrogens is 243 g/mol. The molecule has 0 unspecified atom stereocenters. The third-order valence-corrected chi connectivity index (χ3v) is 2.88. The molecule has 2 N–H and O–H groups in total. The van der Waals surface area contributed by atoms with Gasteiger partial charge in [-0.2, -0.15) is 0 Å². The second-order valence-electron chi connectivity index (χ2n) is 4.43. The number of aromatic nitrogens is 1. The molecule has 0 bridgehead atoms. The summed E-state index contributed by atoms with van der Waals surface area (Å²) in [7, 11) is 0. The fourth-order valence-electron chi connectivity index (χ4n) is 1.75. The van der Waals surface area contributed by atoms with Gasteiger partial charge in [0.15, 0.2) is 11.6 Å². The molecule has 3 nitrogen and oxygen atoms in total. The van der Waals surface area contributed by atoms with Crippen LogP contribution in [0.4, 0.5) is 4.39 Å². The van der Waals surface area contributed by atoms with Crippen LogP contribution in [0.15, 0.2) is 42.7 Å². The molecule has 1 aromatic heterocycles. The normalized spacial score (nSPS) is 12.2. The average Bonchev–Trinajstić information content (AvgIpc) is 2.41. The number of nitrogens with two attached hydrogens (primary N) is 1. The van der Waals surface area contributed by atoms with Crippen molar-refractivity contribution in [2.75, 3.05) is 6.61 Å². The molecule has 100 valence electrons. The predicted molar refractivity (Wildman–Crippen MR) is 72.4 cm³/mol. The van der Waals surface area contributed by atoms with Crippen molar-refractivity contribution in [3.8, 4) is 5.75 Å². The number of benzene rings is 1. The molecular formula is C15H17FN2O. The summed E-state index contributed by atoms with van der Waals surface area (Å²) in [6.45, 7) is 2.25. The molecule has 1 atom stereocenters. The molecule has 2 rings (SSSR count). The number of hydrogen-bond donors (Lipinski definition) is 1. The molecule has 1 aromatic carbocycles. The molecule has 0 radical (unpaired) electrons. The van der Waals surface area contributed by atoms with Gasteiger partial charge in [0.2, 0.25) is 0 Å². The van der Waals surface area contributed by atoms with Gasteiger partial charge in [-0.15, -0.1) is 0 Å². The zero-order valence-corrected chi connectivity index (χ0v) is 10.8. The summed E-state index contributed by atoms with van der Waals surface area (Å²) in [5.74, 6) is -0.108. The van der Waals surface area contributed by atoms with Gasteiger partial charge in [-0.25, -0.2) is 4.39 Å². The Morgan fingerprint density at radius 3 is 2.63 bits per heavy atom. The predicted octanol–water partition coefficient (Wildman–Crippen LogP) is 2.86. The molecule has 0 aliphatic carbocycles. The Balaban J connectivity index is 1.93. The van der Waals surface area contributed by atoms with Crippen LogP contribution in [0.5, 0.6) is 5.75 Å². The van der Waals surface area contributed by atoms with Gasteiger partial charge >= 0.3 is 0 Å². The van der Waals surface area contributed by atoms with Crippen molar-refractivity contribution in [2.45, 2.75) is 19.4 Å². The standard InChI is InChI=1S/C15H17FN2O/c1-11(17)13-2-3-15(14(16)10-13)19-9-6-12-4-7-18-8-5-12/h2-5,7-8,10-11H,6,9,17H2,1H3/t11-/m1/s1. The van der Waals surface area contributed by atoms with E-state index in [1.165, 1.54) is 6.07 Å². The Kier molecular flexibility index (Phi) is 4.47. The van der Waals surface area contributed by atoms with Crippen LogP contribution >= 0.6 is 0 Å². The van der Waals surface area contributed by atoms with Crippen molar-refractivity contribution in [2.24, 2.45) is 5.73 Å². The SMILES string of the molecule is C[C@@H](N)c1ccc(OCCc2ccncc2)c(F)c1. The van der Waals surface area contributed by atoms with Crippen LogP contribution in [0, 0.1) is 5.82 Å². The Labute approximate surface area is 112 Å². The maximum atomic E-state index is 13.7. The minimum atomic E-state index is -0.371. The Bertz CT molecular complexity index is 529. The van der Waals surface area contributed by atoms with E-state index in [1.807, 2.05) is 19.1 Å². The third-order valence-electron chi connectivity index (χ3n) is 2.88. The van der Waals surface area contributed by atoms with E-state index in [9.17, 15) is 4.39 Å². The van der Waals surface area contributed by atoms with Gasteiger partial charge in [-0.05, 0) is 42.3 Å². The van der Waals surface area contributed by atoms with Crippen LogP contribution in [0.2, 0.25) is 0 Å². The lowest BCUT2D eigenvalue weighted by atomic mass is 10.1. The van der Waals surface area contributed by atoms with Gasteiger partial charge in [0.1, 0.15) is 0 Å². The van der Waals surface area contributed by atoms with E-state index in [1.54, 1.807) is 24.5 Å². The second-order valence-corrected chi connectivity index (χ2v) is 4.43. The highest BCUT2D eigenvalue weighted by atomic mass is 19.1. The summed E-state index contributed by atoms with van der Waals surface area (Å²) in [6.07, 6.45) is 4.18. The van der Waals surface area contributed by atoms with Crippen LogP contribution in [-0.2, 0) is 6.42 Å². The zero-order chi connectivity index (χ0) is 13.7. The van der Waals surface area contributed by atoms with Crippen LogP contribution in [0.25, 0.3) is 0 Å². The van der Waals surface area contributed by atoms with Gasteiger partial charge < -0.3 is 10.5 Å². The molecule has 1 heterocycles. The molecule has 19 heavy (non-hydrogen) atoms. The first-order valence-electron chi connectivity index (χ1n) is 6.23. The van der Waals surface area contributed by atoms with E-state index >= 15 is 0 Å². The summed E-state index contributed by atoms with van der Waals surface area (Å²) in [5, 5.41) is 0. The number of halogens is 1. The summed E-state index contributed by atoms with van der Waals surface area (Å²) in [5.41, 5.74) is 7.57. The molecule has 0 aliphatic rings. The van der Waals surface area contributed by atoms with E-state index in [-0.39, 0.29) is 17.6 Å². The van der Waals surface area contributed by atoms with Gasteiger partial charge in [0, 0.05) is 24.9 Å². The molecule has 2 aromatic rings. The minimum Gasteiger partial charge on any atom is -0.490 e. The number of nitrogens with zero attached hydrogens (tertiary/aromatic N) is 1. The monoisotopic (exact) mass is 260 g/mol. The summed E-state index contributed by atoms with van der Waals surface area (Å²) in [4.78, 5) is 3.94. The quantitative estimate of drug-likeness (QED) is 0.899. The third kappa shape index (κ3) is 3.76. The van der Waals surface area contributed by atoms with E-state index in [0.29, 0.717) is 6.61 Å². The largest absolute Gasteiger partial charge is 0.490 e. The van der Waals surface area contributed by atoms with Gasteiger partial charge in [0.25, 0.3) is 0 Å². The Morgan fingerprint density at radius 1 is 1.26 bits per heavy atom. The lowest BCUT2D eigenvalue weighted by Crippen LogP contribution is -2.07. The maximum Gasteiger partial charge on any atom is 0.165 e. The lowest BCUT2D eigenvalue weighted by Gasteiger charge is -2.10. The topological polar surface area (TPSA) is 48.1 Å². The van der Waals surface area contributed by atoms with Crippen molar-refractivity contribution in [3.05, 3.63) is 59.7 Å². The number of rotatable bonds is 5. The summed E-state index contributed by atoms with van der Waals surface area (Å²) in [6, 6.07) is 8.49. The van der Waals surface area contributed by atoms with Gasteiger partial charge in [-0.1, -0.05) is 6.07 Å². The lowest BCUT2D eigenvalue weighted by molar-refractivity contribution is 0.305. The molecule has 4 heteroatoms. The second kappa shape index (κ2) is 6.29. The van der Waals surface area contributed by atoms with E-state index in [2.05, 4.69) is 4.98 Å². The first kappa shape index (κ1) is 13.5. The smallest absolute Gasteiger partial charge is 0.165 e. The zero-order valence-electron chi connectivity index (χ0n) is 10.8. The van der Waals surface area contributed by atoms with Gasteiger partial charge in [0.05, 0.1) is 6.61 Å². The fourth-order valence-corrected chi connectivity index (χ4v) is 1.75. The fraction of sp³-hybridized carbons (Fsp3) is 0.267. The molecule has 0 amide bonds. The van der Waals surface area contributed by atoms with Crippen molar-refractivity contribution >= 4 is 0 Å². The minimum absolute atomic E-state index is 0.180. The average molecular weight is 260 g/mol. The molecule has 0 fully saturated rings. The van der Waals surface area contributed by atoms with E-state index in [0.717, 1.165) is 17.5 Å². The van der Waals surface area contributed by atoms with Crippen molar-refractivity contribution in [1.82, 2.24) is 4.98 Å². The van der Waals surface area contributed by atoms with Gasteiger partial charge in [-0.3, -0.25) is 4.98 Å². The molecule has 0 saturated carbocycles. The van der Waals surface area contributed by atoms with Crippen LogP contribution in [0.1, 0.15) is 24.1 Å². The van der Waals surface area contributed by atoms with Crippen LogP contribution in [-0.4, -0.2) is 11.6 Å². The first-order valence-corrected chi connectivity index (χ1v) is 6.23. The first-order chi connectivity index (χ1) is 9.16. The number of pyridine rings is 1. The molecule has 0 saturated heterocycles. The van der Waals surface area contributed by atoms with E-state index in [4.69, 9.17) is 10.5 Å². The Hall–Kier alpha value is -1.94. The van der Waals surface area contributed by atoms with Crippen molar-refractivity contribution in [1.29, 1.82) is 0 Å². The van der Waals surface area contributed by atoms with Crippen molar-refractivity contribution in [3.63, 3.8) is 0 Å². The highest BCUT2D eigenvalue weighted by Crippen LogP contribution is 2.21. The number of hydrogen-bond acceptors (Lipinski definition) is 3. The number of ether oxygens (including phenoxy) is 1. The highest BCUT2D eigenvalue weighted by molar-refractivity contribution is 5.30. The Morgan fingerprint density at radius 2 is 2.00 bits per heavy atom. The molecule has 0 aliphatic heterocycles. The summed E-state index contributed by atoms with van der Waals surface area (Å²) < 4.78 is 19.2.